The maximum absolute atomic E-state index is 13.5. The Hall–Kier alpha value is -8.14. The van der Waals surface area contributed by atoms with Crippen molar-refractivity contribution in [2.75, 3.05) is 0 Å². The molecule has 0 radical (unpaired) electrons. The number of fused-ring (bicyclic) bond motifs is 6. The van der Waals surface area contributed by atoms with Crippen molar-refractivity contribution < 1.29 is 19.4 Å². The summed E-state index contributed by atoms with van der Waals surface area (Å²) in [6, 6.07) is 12.2. The third-order valence-electron chi connectivity index (χ3n) is 19.5. The molecular formula is C69H84B2BrClN18O7. The fourth-order valence-electron chi connectivity index (χ4n) is 13.0. The van der Waals surface area contributed by atoms with Crippen molar-refractivity contribution in [3.8, 4) is 0 Å². The molecule has 98 heavy (non-hydrogen) atoms. The first-order valence-electron chi connectivity index (χ1n) is 34.1. The van der Waals surface area contributed by atoms with Crippen LogP contribution in [-0.4, -0.2) is 121 Å². The molecule has 0 amide bonds. The second-order valence-corrected chi connectivity index (χ2v) is 29.7. The van der Waals surface area contributed by atoms with Gasteiger partial charge in [-0.15, -0.1) is 12.4 Å². The summed E-state index contributed by atoms with van der Waals surface area (Å²) >= 11 is 3.49. The van der Waals surface area contributed by atoms with Crippen LogP contribution in [0.4, 0.5) is 0 Å². The van der Waals surface area contributed by atoms with Crippen LogP contribution in [0.2, 0.25) is 0 Å². The van der Waals surface area contributed by atoms with Crippen molar-refractivity contribution in [1.82, 2.24) is 86.0 Å². The highest BCUT2D eigenvalue weighted by Gasteiger charge is 2.52. The van der Waals surface area contributed by atoms with Crippen LogP contribution in [0.3, 0.4) is 0 Å². The molecule has 25 nitrogen and oxygen atoms in total. The molecule has 13 heterocycles. The summed E-state index contributed by atoms with van der Waals surface area (Å²) in [5.74, 6) is 3.97. The molecule has 4 aliphatic rings. The number of nitrogens with zero attached hydrogens (tertiary/aromatic N) is 18. The first-order chi connectivity index (χ1) is 46.5. The van der Waals surface area contributed by atoms with E-state index in [4.69, 9.17) is 29.2 Å². The zero-order valence-electron chi connectivity index (χ0n) is 57.2. The highest BCUT2D eigenvalue weighted by atomic mass is 79.9. The van der Waals surface area contributed by atoms with E-state index in [1.165, 1.54) is 6.20 Å². The standard InChI is InChI=1S/C27H35BN6O3.C21H25BN6O3.C21H23BrN6O.ClH/c1-17(2)10-12-32-23(16-33-22-15-29-11-9-21(22)34(25(33)35)19-7-8-19)31-20-13-18(14-30-24(20)32)28-36-26(3,4)27(5,6)37-28;1-13(2)6-8-26-19(25-16-9-14(22(30)31)10-24-20(16)26)12-27-18-11-23-7-5-17(18)28(21(27)29)15-3-4-15;1-13(2)6-8-26-19(25-16-9-14(22)10-24-20(16)26)12-27-18-11-23-7-5-17(18)28(21(27)29)15-3-4-15;/h9,11,13-15,17,19H,7-8,10,12,16H2,1-6H3;5,7,9-11,13,15,30-31H,3-4,6,8,12H2,1-2H3;5,7,9-11,13,15H,3-4,6,8,12H2,1-2H3;1H. The molecule has 2 N–H and O–H groups in total. The van der Waals surface area contributed by atoms with E-state index < -0.39 is 25.4 Å². The Labute approximate surface area is 581 Å². The molecule has 1 aliphatic heterocycles. The maximum atomic E-state index is 13.5. The van der Waals surface area contributed by atoms with Crippen molar-refractivity contribution in [2.45, 2.75) is 196 Å². The Balaban J connectivity index is 0.000000133. The van der Waals surface area contributed by atoms with E-state index >= 15 is 0 Å². The number of rotatable bonds is 20. The molecule has 0 atom stereocenters. The molecule has 4 fully saturated rings. The minimum absolute atomic E-state index is 0. The van der Waals surface area contributed by atoms with Crippen molar-refractivity contribution in [2.24, 2.45) is 17.8 Å². The minimum Gasteiger partial charge on any atom is -0.423 e. The lowest BCUT2D eigenvalue weighted by molar-refractivity contribution is 0.00578. The van der Waals surface area contributed by atoms with Crippen molar-refractivity contribution in [1.29, 1.82) is 0 Å². The molecule has 16 rings (SSSR count). The highest BCUT2D eigenvalue weighted by molar-refractivity contribution is 9.10. The number of hydrogen-bond donors (Lipinski definition) is 2. The molecule has 1 saturated heterocycles. The van der Waals surface area contributed by atoms with Crippen LogP contribution >= 0.6 is 28.3 Å². The molecule has 0 spiro atoms. The molecular weight excluding hydrogens is 1330 g/mol. The number of hydrogen-bond acceptors (Lipinski definition) is 16. The average Bonchev–Trinajstić information content (AvgIpc) is 1.61. The topological polar surface area (TPSA) is 271 Å². The smallest absolute Gasteiger partial charge is 0.423 e. The number of imidazole rings is 6. The summed E-state index contributed by atoms with van der Waals surface area (Å²) in [7, 11) is -2.11. The summed E-state index contributed by atoms with van der Waals surface area (Å²) in [5.41, 5.74) is 10.1. The van der Waals surface area contributed by atoms with Gasteiger partial charge in [0.15, 0.2) is 16.9 Å². The van der Waals surface area contributed by atoms with E-state index in [1.54, 1.807) is 54.0 Å². The van der Waals surface area contributed by atoms with Crippen molar-refractivity contribution in [3.63, 3.8) is 0 Å². The number of aryl methyl sites for hydroxylation is 3. The van der Waals surface area contributed by atoms with Crippen LogP contribution in [0.25, 0.3) is 66.6 Å². The lowest BCUT2D eigenvalue weighted by Gasteiger charge is -2.32. The Morgan fingerprint density at radius 3 is 1.20 bits per heavy atom. The normalized spacial score (nSPS) is 16.0. The SMILES string of the molecule is CC(C)CCn1c(Cn2c(=O)n(C3CC3)c3ccncc32)nc2cc(B(O)O)cnc21.CC(C)CCn1c(Cn2c(=O)n(C3CC3)c3ccncc32)nc2cc(B3OC(C)(C)C(C)(C)O3)cnc21.CC(C)CCn1c(Cn2c(=O)n(C3CC3)c3ccncc32)nc2cc(Br)cnc21.Cl. The first-order valence-corrected chi connectivity index (χ1v) is 34.9. The summed E-state index contributed by atoms with van der Waals surface area (Å²) in [6.07, 6.45) is 24.8. The average molecular weight is 1410 g/mol. The van der Waals surface area contributed by atoms with E-state index in [1.807, 2.05) is 91.6 Å². The largest absolute Gasteiger partial charge is 0.496 e. The summed E-state index contributed by atoms with van der Waals surface area (Å²) in [4.78, 5) is 81.4. The fourth-order valence-corrected chi connectivity index (χ4v) is 13.3. The predicted octanol–water partition coefficient (Wildman–Crippen LogP) is 9.28. The van der Waals surface area contributed by atoms with E-state index in [-0.39, 0.29) is 41.6 Å². The Kier molecular flexibility index (Phi) is 19.0. The van der Waals surface area contributed by atoms with E-state index in [9.17, 15) is 24.4 Å². The van der Waals surface area contributed by atoms with Gasteiger partial charge in [0.05, 0.1) is 82.5 Å². The molecule has 12 aromatic rings. The number of pyridine rings is 6. The van der Waals surface area contributed by atoms with Crippen LogP contribution < -0.4 is 28.0 Å². The summed E-state index contributed by atoms with van der Waals surface area (Å²) in [6.45, 7) is 24.7. The third kappa shape index (κ3) is 13.3. The second kappa shape index (κ2) is 27.2. The first kappa shape index (κ1) is 68.4. The molecule has 0 bridgehead atoms. The van der Waals surface area contributed by atoms with Crippen LogP contribution in [0, 0.1) is 17.8 Å². The fraction of sp³-hybridized carbons (Fsp3) is 0.478. The van der Waals surface area contributed by atoms with Crippen LogP contribution in [0.15, 0.2) is 111 Å². The monoisotopic (exact) mass is 1410 g/mol. The predicted molar refractivity (Wildman–Crippen MR) is 386 cm³/mol. The van der Waals surface area contributed by atoms with Gasteiger partial charge in [-0.1, -0.05) is 41.5 Å². The van der Waals surface area contributed by atoms with Gasteiger partial charge < -0.3 is 33.1 Å². The quantitative estimate of drug-likeness (QED) is 0.0673. The van der Waals surface area contributed by atoms with E-state index in [2.05, 4.69) is 91.5 Å². The summed E-state index contributed by atoms with van der Waals surface area (Å²) in [5, 5.41) is 19.0. The molecule has 12 aromatic heterocycles. The third-order valence-corrected chi connectivity index (χ3v) is 20.0. The van der Waals surface area contributed by atoms with Gasteiger partial charge >= 0.3 is 31.3 Å². The second-order valence-electron chi connectivity index (χ2n) is 28.8. The lowest BCUT2D eigenvalue weighted by Crippen LogP contribution is -2.41. The Bertz CT molecular complexity index is 5130. The Morgan fingerprint density at radius 2 is 0.847 bits per heavy atom. The number of halogens is 2. The van der Waals surface area contributed by atoms with Gasteiger partial charge in [0.25, 0.3) is 0 Å². The van der Waals surface area contributed by atoms with Crippen molar-refractivity contribution >= 4 is 120 Å². The zero-order chi connectivity index (χ0) is 67.9. The van der Waals surface area contributed by atoms with E-state index in [0.29, 0.717) is 72.4 Å². The highest BCUT2D eigenvalue weighted by Crippen LogP contribution is 2.40. The van der Waals surface area contributed by atoms with Gasteiger partial charge in [-0.2, -0.15) is 0 Å². The van der Waals surface area contributed by atoms with Gasteiger partial charge in [0.1, 0.15) is 34.0 Å². The van der Waals surface area contributed by atoms with Gasteiger partial charge in [-0.25, -0.2) is 44.3 Å². The van der Waals surface area contributed by atoms with Gasteiger partial charge in [0, 0.05) is 90.3 Å². The van der Waals surface area contributed by atoms with Gasteiger partial charge in [0.2, 0.25) is 0 Å². The molecule has 512 valence electrons. The molecule has 0 unspecified atom stereocenters. The maximum Gasteiger partial charge on any atom is 0.496 e. The van der Waals surface area contributed by atoms with Crippen molar-refractivity contribution in [3.05, 3.63) is 146 Å². The number of aromatic nitrogens is 18. The molecule has 29 heteroatoms. The van der Waals surface area contributed by atoms with Gasteiger partial charge in [-0.3, -0.25) is 42.4 Å². The van der Waals surface area contributed by atoms with Gasteiger partial charge in [-0.05, 0) is 156 Å². The Morgan fingerprint density at radius 1 is 0.500 bits per heavy atom. The van der Waals surface area contributed by atoms with E-state index in [0.717, 1.165) is 148 Å². The molecule has 0 aromatic carbocycles. The van der Waals surface area contributed by atoms with Crippen LogP contribution in [0.1, 0.15) is 163 Å². The van der Waals surface area contributed by atoms with Crippen LogP contribution in [-0.2, 0) is 48.6 Å². The summed E-state index contributed by atoms with van der Waals surface area (Å²) < 4.78 is 30.8. The lowest BCUT2D eigenvalue weighted by atomic mass is 9.80. The molecule has 3 aliphatic carbocycles. The molecule has 3 saturated carbocycles. The zero-order valence-corrected chi connectivity index (χ0v) is 59.6. The minimum atomic E-state index is -1.61. The van der Waals surface area contributed by atoms with Crippen LogP contribution in [0.5, 0.6) is 0 Å².